The number of alkyl halides is 6. The summed E-state index contributed by atoms with van der Waals surface area (Å²) in [5, 5.41) is 3.04. The van der Waals surface area contributed by atoms with Gasteiger partial charge in [-0.3, -0.25) is 9.69 Å². The molecule has 1 amide bonds. The van der Waals surface area contributed by atoms with E-state index in [-0.39, 0.29) is 28.9 Å². The smallest absolute Gasteiger partial charge is 0.366 e. The van der Waals surface area contributed by atoms with Crippen molar-refractivity contribution in [2.24, 2.45) is 16.6 Å². The van der Waals surface area contributed by atoms with E-state index in [4.69, 9.17) is 5.73 Å². The van der Waals surface area contributed by atoms with Crippen LogP contribution in [0.4, 0.5) is 37.7 Å². The van der Waals surface area contributed by atoms with Gasteiger partial charge in [-0.05, 0) is 48.7 Å². The predicted molar refractivity (Wildman–Crippen MR) is 115 cm³/mol. The van der Waals surface area contributed by atoms with Crippen molar-refractivity contribution in [3.63, 3.8) is 0 Å². The molecule has 2 aliphatic rings. The number of guanidine groups is 1. The highest BCUT2D eigenvalue weighted by Gasteiger charge is 2.55. The van der Waals surface area contributed by atoms with E-state index in [1.165, 1.54) is 11.8 Å². The fourth-order valence-corrected chi connectivity index (χ4v) is 4.80. The van der Waals surface area contributed by atoms with E-state index in [1.54, 1.807) is 38.1 Å². The highest BCUT2D eigenvalue weighted by atomic mass is 19.4. The number of para-hydroxylation sites is 2. The number of aliphatic imine (C=N–C) groups is 1. The van der Waals surface area contributed by atoms with Crippen LogP contribution in [0.25, 0.3) is 0 Å². The lowest BCUT2D eigenvalue weighted by Crippen LogP contribution is -2.58. The van der Waals surface area contributed by atoms with Crippen molar-refractivity contribution in [1.29, 1.82) is 0 Å². The summed E-state index contributed by atoms with van der Waals surface area (Å²) in [5.74, 6) is -1.54. The molecule has 4 rings (SSSR count). The molecular weight excluding hydrogens is 462 g/mol. The molecule has 2 aromatic carbocycles. The molecule has 0 aromatic heterocycles. The fraction of sp³-hybridized carbons (Fsp3) is 0.304. The number of halogens is 6. The summed E-state index contributed by atoms with van der Waals surface area (Å²) >= 11 is 0. The number of primary amides is 1. The van der Waals surface area contributed by atoms with Gasteiger partial charge in [-0.25, -0.2) is 4.99 Å². The van der Waals surface area contributed by atoms with Crippen LogP contribution >= 0.6 is 0 Å². The van der Waals surface area contributed by atoms with E-state index >= 15 is 0 Å². The third kappa shape index (κ3) is 3.41. The van der Waals surface area contributed by atoms with Crippen LogP contribution in [0, 0.1) is 5.92 Å². The Bertz CT molecular complexity index is 1210. The quantitative estimate of drug-likeness (QED) is 0.557. The van der Waals surface area contributed by atoms with Crippen LogP contribution in [0.3, 0.4) is 0 Å². The Morgan fingerprint density at radius 1 is 1.03 bits per heavy atom. The molecule has 0 fully saturated rings. The van der Waals surface area contributed by atoms with Crippen LogP contribution in [-0.4, -0.2) is 11.9 Å². The van der Waals surface area contributed by atoms with Crippen molar-refractivity contribution in [3.8, 4) is 0 Å². The van der Waals surface area contributed by atoms with Crippen molar-refractivity contribution in [3.05, 3.63) is 70.4 Å². The van der Waals surface area contributed by atoms with Gasteiger partial charge in [0.1, 0.15) is 5.54 Å². The van der Waals surface area contributed by atoms with E-state index in [2.05, 4.69) is 10.3 Å². The molecule has 0 saturated carbocycles. The molecule has 1 unspecified atom stereocenters. The SMILES string of the molecule is CC1=C(C(N)=O)C(c2cc(C(F)(F)F)cc(C(F)(F)F)c2)(C(C)C)N2C(=N1)Nc1ccccc12. The molecule has 2 aromatic rings. The number of fused-ring (bicyclic) bond motifs is 3. The fourth-order valence-electron chi connectivity index (χ4n) is 4.80. The van der Waals surface area contributed by atoms with Gasteiger partial charge in [0.15, 0.2) is 0 Å². The minimum absolute atomic E-state index is 0.0616. The number of nitrogens with zero attached hydrogens (tertiary/aromatic N) is 2. The number of nitrogens with one attached hydrogen (secondary N) is 1. The highest BCUT2D eigenvalue weighted by molar-refractivity contribution is 6.18. The van der Waals surface area contributed by atoms with Gasteiger partial charge < -0.3 is 11.1 Å². The van der Waals surface area contributed by atoms with Crippen LogP contribution in [-0.2, 0) is 22.7 Å². The lowest BCUT2D eigenvalue weighted by molar-refractivity contribution is -0.143. The standard InChI is InChI=1S/C23H20F6N4O/c1-11(2)21(13-8-14(22(24,25)26)10-15(9-13)23(27,28)29)18(19(30)34)12(3)31-20-32-16-6-4-5-7-17(16)33(20)21/h4-11H,1-3H3,(H2,30,34)(H,31,32). The molecule has 34 heavy (non-hydrogen) atoms. The van der Waals surface area contributed by atoms with Gasteiger partial charge in [0, 0.05) is 0 Å². The third-order valence-corrected chi connectivity index (χ3v) is 6.08. The van der Waals surface area contributed by atoms with Crippen LogP contribution in [0.5, 0.6) is 0 Å². The second-order valence-corrected chi connectivity index (χ2v) is 8.45. The van der Waals surface area contributed by atoms with Gasteiger partial charge in [0.2, 0.25) is 11.9 Å². The van der Waals surface area contributed by atoms with Gasteiger partial charge in [0.05, 0.1) is 33.8 Å². The number of carbonyl (C=O) groups is 1. The predicted octanol–water partition coefficient (Wildman–Crippen LogP) is 5.64. The summed E-state index contributed by atoms with van der Waals surface area (Å²) < 4.78 is 82.5. The third-order valence-electron chi connectivity index (χ3n) is 6.08. The van der Waals surface area contributed by atoms with Gasteiger partial charge in [-0.15, -0.1) is 0 Å². The van der Waals surface area contributed by atoms with Crippen molar-refractivity contribution < 1.29 is 31.1 Å². The van der Waals surface area contributed by atoms with E-state index < -0.39 is 40.8 Å². The number of carbonyl (C=O) groups excluding carboxylic acids is 1. The minimum atomic E-state index is -5.06. The van der Waals surface area contributed by atoms with Gasteiger partial charge in [-0.1, -0.05) is 26.0 Å². The van der Waals surface area contributed by atoms with Crippen molar-refractivity contribution in [2.75, 3.05) is 10.2 Å². The van der Waals surface area contributed by atoms with E-state index in [9.17, 15) is 31.1 Å². The second kappa shape index (κ2) is 7.51. The zero-order chi connectivity index (χ0) is 25.2. The van der Waals surface area contributed by atoms with Crippen LogP contribution < -0.4 is 16.0 Å². The monoisotopic (exact) mass is 482 g/mol. The Morgan fingerprint density at radius 3 is 2.09 bits per heavy atom. The minimum Gasteiger partial charge on any atom is -0.366 e. The second-order valence-electron chi connectivity index (χ2n) is 8.45. The molecule has 5 nitrogen and oxygen atoms in total. The number of nitrogens with two attached hydrogens (primary N) is 1. The summed E-state index contributed by atoms with van der Waals surface area (Å²) in [4.78, 5) is 18.6. The zero-order valence-electron chi connectivity index (χ0n) is 18.3. The maximum atomic E-state index is 13.7. The first-order valence-electron chi connectivity index (χ1n) is 10.2. The highest BCUT2D eigenvalue weighted by Crippen LogP contribution is 2.53. The maximum Gasteiger partial charge on any atom is 0.416 e. The number of amides is 1. The molecule has 180 valence electrons. The molecule has 0 aliphatic carbocycles. The van der Waals surface area contributed by atoms with E-state index in [1.807, 2.05) is 0 Å². The molecule has 0 bridgehead atoms. The first-order chi connectivity index (χ1) is 15.7. The topological polar surface area (TPSA) is 70.7 Å². The molecule has 3 N–H and O–H groups in total. The Labute approximate surface area is 191 Å². The summed E-state index contributed by atoms with van der Waals surface area (Å²) in [6, 6.07) is 8.06. The molecule has 0 spiro atoms. The Kier molecular flexibility index (Phi) is 5.22. The summed E-state index contributed by atoms with van der Waals surface area (Å²) in [6.45, 7) is 4.66. The Hall–Kier alpha value is -3.50. The lowest BCUT2D eigenvalue weighted by Gasteiger charge is -2.49. The number of anilines is 2. The molecule has 2 aliphatic heterocycles. The van der Waals surface area contributed by atoms with Gasteiger partial charge in [-0.2, -0.15) is 26.3 Å². The number of allylic oxidation sites excluding steroid dienone is 1. The average Bonchev–Trinajstić information content (AvgIpc) is 3.08. The summed E-state index contributed by atoms with van der Waals surface area (Å²) in [5.41, 5.74) is 1.44. The van der Waals surface area contributed by atoms with Crippen LogP contribution in [0.1, 0.15) is 37.5 Å². The summed E-state index contributed by atoms with van der Waals surface area (Å²) in [6.07, 6.45) is -10.1. The number of hydrogen-bond donors (Lipinski definition) is 2. The van der Waals surface area contributed by atoms with E-state index in [0.717, 1.165) is 0 Å². The lowest BCUT2D eigenvalue weighted by atomic mass is 9.70. The largest absolute Gasteiger partial charge is 0.416 e. The number of benzene rings is 2. The first-order valence-corrected chi connectivity index (χ1v) is 10.2. The first kappa shape index (κ1) is 23.7. The van der Waals surface area contributed by atoms with Crippen LogP contribution in [0.15, 0.2) is 58.7 Å². The van der Waals surface area contributed by atoms with Crippen molar-refractivity contribution >= 4 is 23.2 Å². The zero-order valence-corrected chi connectivity index (χ0v) is 18.3. The van der Waals surface area contributed by atoms with E-state index in [0.29, 0.717) is 23.5 Å². The number of rotatable bonds is 3. The maximum absolute atomic E-state index is 13.7. The Morgan fingerprint density at radius 2 is 1.59 bits per heavy atom. The van der Waals surface area contributed by atoms with Crippen LogP contribution in [0.2, 0.25) is 0 Å². The molecule has 2 heterocycles. The van der Waals surface area contributed by atoms with Gasteiger partial charge >= 0.3 is 12.4 Å². The normalized spacial score (nSPS) is 20.2. The van der Waals surface area contributed by atoms with Crippen molar-refractivity contribution in [1.82, 2.24) is 0 Å². The molecule has 0 radical (unpaired) electrons. The molecule has 11 heteroatoms. The van der Waals surface area contributed by atoms with Gasteiger partial charge in [0.25, 0.3) is 0 Å². The molecular formula is C23H20F6N4O. The summed E-state index contributed by atoms with van der Waals surface area (Å²) in [7, 11) is 0. The Balaban J connectivity index is 2.16. The van der Waals surface area contributed by atoms with Crippen molar-refractivity contribution in [2.45, 2.75) is 38.7 Å². The number of hydrogen-bond acceptors (Lipinski definition) is 4. The molecule has 1 atom stereocenters. The molecule has 0 saturated heterocycles. The average molecular weight is 482 g/mol.